The summed E-state index contributed by atoms with van der Waals surface area (Å²) in [6.07, 6.45) is 1.95. The van der Waals surface area contributed by atoms with Crippen LogP contribution in [-0.4, -0.2) is 49.2 Å². The van der Waals surface area contributed by atoms with Gasteiger partial charge in [0.1, 0.15) is 5.82 Å². The van der Waals surface area contributed by atoms with Crippen molar-refractivity contribution in [1.82, 2.24) is 15.2 Å². The predicted octanol–water partition coefficient (Wildman–Crippen LogP) is 2.62. The molecule has 1 aliphatic heterocycles. The van der Waals surface area contributed by atoms with Gasteiger partial charge in [-0.05, 0) is 30.6 Å². The number of hydrogen-bond donors (Lipinski definition) is 1. The second-order valence-corrected chi connectivity index (χ2v) is 6.50. The fourth-order valence-corrected chi connectivity index (χ4v) is 2.89. The highest BCUT2D eigenvalue weighted by atomic mass is 35.5. The summed E-state index contributed by atoms with van der Waals surface area (Å²) in [7, 11) is 0. The Morgan fingerprint density at radius 1 is 1.29 bits per heavy atom. The van der Waals surface area contributed by atoms with Crippen LogP contribution < -0.4 is 10.2 Å². The van der Waals surface area contributed by atoms with Crippen molar-refractivity contribution in [2.45, 2.75) is 27.3 Å². The molecule has 0 bridgehead atoms. The lowest BCUT2D eigenvalue weighted by Gasteiger charge is -2.35. The number of nitrogens with one attached hydrogen (secondary N) is 1. The van der Waals surface area contributed by atoms with E-state index in [1.807, 2.05) is 12.3 Å². The Morgan fingerprint density at radius 3 is 2.57 bits per heavy atom. The van der Waals surface area contributed by atoms with E-state index in [0.717, 1.165) is 62.2 Å². The van der Waals surface area contributed by atoms with Gasteiger partial charge in [-0.2, -0.15) is 0 Å². The molecule has 0 aromatic carbocycles. The van der Waals surface area contributed by atoms with Gasteiger partial charge in [0.15, 0.2) is 0 Å². The van der Waals surface area contributed by atoms with Crippen LogP contribution in [0.25, 0.3) is 0 Å². The third kappa shape index (κ3) is 4.83. The maximum Gasteiger partial charge on any atom is 0.147 e. The predicted molar refractivity (Wildman–Crippen MR) is 90.1 cm³/mol. The van der Waals surface area contributed by atoms with Crippen LogP contribution in [0, 0.1) is 5.92 Å². The average molecular weight is 311 g/mol. The molecular weight excluding hydrogens is 284 g/mol. The Morgan fingerprint density at radius 2 is 2.00 bits per heavy atom. The summed E-state index contributed by atoms with van der Waals surface area (Å²) in [5.41, 5.74) is 1.15. The average Bonchev–Trinajstić information content (AvgIpc) is 2.47. The van der Waals surface area contributed by atoms with Gasteiger partial charge in [-0.25, -0.2) is 4.98 Å². The monoisotopic (exact) mass is 310 g/mol. The van der Waals surface area contributed by atoms with Crippen molar-refractivity contribution in [1.29, 1.82) is 0 Å². The highest BCUT2D eigenvalue weighted by molar-refractivity contribution is 6.33. The van der Waals surface area contributed by atoms with Crippen molar-refractivity contribution in [2.24, 2.45) is 5.92 Å². The fraction of sp³-hybridized carbons (Fsp3) is 0.688. The molecule has 21 heavy (non-hydrogen) atoms. The normalized spacial score (nSPS) is 16.7. The van der Waals surface area contributed by atoms with Crippen LogP contribution in [0.15, 0.2) is 12.3 Å². The Balaban J connectivity index is 1.93. The van der Waals surface area contributed by atoms with Crippen LogP contribution >= 0.6 is 11.6 Å². The van der Waals surface area contributed by atoms with Gasteiger partial charge in [-0.1, -0.05) is 32.4 Å². The molecule has 118 valence electrons. The summed E-state index contributed by atoms with van der Waals surface area (Å²) in [5, 5.41) is 4.19. The molecule has 1 aromatic rings. The van der Waals surface area contributed by atoms with Gasteiger partial charge in [0.05, 0.1) is 5.02 Å². The molecule has 4 nitrogen and oxygen atoms in total. The Hall–Kier alpha value is -0.840. The van der Waals surface area contributed by atoms with Gasteiger partial charge in [0, 0.05) is 38.9 Å². The Bertz CT molecular complexity index is 442. The zero-order valence-corrected chi connectivity index (χ0v) is 14.2. The van der Waals surface area contributed by atoms with Gasteiger partial charge in [-0.3, -0.25) is 0 Å². The van der Waals surface area contributed by atoms with Crippen molar-refractivity contribution in [3.8, 4) is 0 Å². The second-order valence-electron chi connectivity index (χ2n) is 6.10. The van der Waals surface area contributed by atoms with E-state index in [1.54, 1.807) is 0 Å². The first-order chi connectivity index (χ1) is 10.1. The third-order valence-electron chi connectivity index (χ3n) is 3.88. The summed E-state index contributed by atoms with van der Waals surface area (Å²) < 4.78 is 0. The molecule has 2 rings (SSSR count). The first kappa shape index (κ1) is 16.5. The first-order valence-corrected chi connectivity index (χ1v) is 8.30. The molecule has 1 N–H and O–H groups in total. The quantitative estimate of drug-likeness (QED) is 0.875. The highest BCUT2D eigenvalue weighted by Gasteiger charge is 2.18. The SMILES string of the molecule is CCN1CCN(c2ncc(CNCC(C)C)cc2Cl)CC1. The van der Waals surface area contributed by atoms with E-state index in [2.05, 4.69) is 40.9 Å². The minimum atomic E-state index is 0.655. The van der Waals surface area contributed by atoms with E-state index in [9.17, 15) is 0 Å². The molecule has 0 saturated carbocycles. The summed E-state index contributed by atoms with van der Waals surface area (Å²) in [4.78, 5) is 9.33. The number of rotatable bonds is 6. The zero-order chi connectivity index (χ0) is 15.2. The van der Waals surface area contributed by atoms with E-state index in [-0.39, 0.29) is 0 Å². The zero-order valence-electron chi connectivity index (χ0n) is 13.4. The number of halogens is 1. The van der Waals surface area contributed by atoms with Crippen molar-refractivity contribution in [2.75, 3.05) is 44.2 Å². The Labute approximate surface area is 133 Å². The molecule has 0 aliphatic carbocycles. The molecular formula is C16H27ClN4. The van der Waals surface area contributed by atoms with Gasteiger partial charge >= 0.3 is 0 Å². The largest absolute Gasteiger partial charge is 0.353 e. The molecule has 1 aromatic heterocycles. The van der Waals surface area contributed by atoms with E-state index in [1.165, 1.54) is 0 Å². The van der Waals surface area contributed by atoms with E-state index in [4.69, 9.17) is 11.6 Å². The van der Waals surface area contributed by atoms with E-state index in [0.29, 0.717) is 5.92 Å². The molecule has 2 heterocycles. The third-order valence-corrected chi connectivity index (χ3v) is 4.16. The lowest BCUT2D eigenvalue weighted by atomic mass is 10.2. The number of nitrogens with zero attached hydrogens (tertiary/aromatic N) is 3. The molecule has 0 spiro atoms. The highest BCUT2D eigenvalue weighted by Crippen LogP contribution is 2.25. The van der Waals surface area contributed by atoms with Crippen LogP contribution in [0.3, 0.4) is 0 Å². The van der Waals surface area contributed by atoms with Gasteiger partial charge in [0.25, 0.3) is 0 Å². The van der Waals surface area contributed by atoms with Crippen LogP contribution in [0.1, 0.15) is 26.3 Å². The van der Waals surface area contributed by atoms with Crippen molar-refractivity contribution >= 4 is 17.4 Å². The molecule has 1 fully saturated rings. The summed E-state index contributed by atoms with van der Waals surface area (Å²) >= 11 is 6.43. The molecule has 0 radical (unpaired) electrons. The molecule has 0 unspecified atom stereocenters. The molecule has 5 heteroatoms. The number of likely N-dealkylation sites (N-methyl/N-ethyl adjacent to an activating group) is 1. The number of pyridine rings is 1. The van der Waals surface area contributed by atoms with Crippen LogP contribution in [0.5, 0.6) is 0 Å². The van der Waals surface area contributed by atoms with E-state index >= 15 is 0 Å². The van der Waals surface area contributed by atoms with Gasteiger partial charge < -0.3 is 15.1 Å². The summed E-state index contributed by atoms with van der Waals surface area (Å²) in [6, 6.07) is 2.05. The molecule has 1 saturated heterocycles. The lowest BCUT2D eigenvalue weighted by Crippen LogP contribution is -2.46. The van der Waals surface area contributed by atoms with Gasteiger partial charge in [-0.15, -0.1) is 0 Å². The summed E-state index contributed by atoms with van der Waals surface area (Å²) in [5.74, 6) is 1.59. The topological polar surface area (TPSA) is 31.4 Å². The first-order valence-electron chi connectivity index (χ1n) is 7.92. The van der Waals surface area contributed by atoms with Crippen molar-refractivity contribution in [3.63, 3.8) is 0 Å². The van der Waals surface area contributed by atoms with Crippen LogP contribution in [-0.2, 0) is 6.54 Å². The second kappa shape index (κ2) is 7.97. The maximum atomic E-state index is 6.43. The summed E-state index contributed by atoms with van der Waals surface area (Å²) in [6.45, 7) is 13.8. The lowest BCUT2D eigenvalue weighted by molar-refractivity contribution is 0.270. The molecule has 0 amide bonds. The molecule has 1 aliphatic rings. The molecule has 0 atom stereocenters. The van der Waals surface area contributed by atoms with Crippen LogP contribution in [0.4, 0.5) is 5.82 Å². The number of hydrogen-bond acceptors (Lipinski definition) is 4. The van der Waals surface area contributed by atoms with Crippen molar-refractivity contribution < 1.29 is 0 Å². The maximum absolute atomic E-state index is 6.43. The number of aromatic nitrogens is 1. The Kier molecular flexibility index (Phi) is 6.27. The minimum absolute atomic E-state index is 0.655. The van der Waals surface area contributed by atoms with E-state index < -0.39 is 0 Å². The minimum Gasteiger partial charge on any atom is -0.353 e. The fourth-order valence-electron chi connectivity index (χ4n) is 2.58. The van der Waals surface area contributed by atoms with Crippen molar-refractivity contribution in [3.05, 3.63) is 22.8 Å². The standard InChI is InChI=1S/C16H27ClN4/c1-4-20-5-7-21(8-6-20)16-15(17)9-14(12-19-16)11-18-10-13(2)3/h9,12-13,18H,4-8,10-11H2,1-3H3. The smallest absolute Gasteiger partial charge is 0.147 e. The number of piperazine rings is 1. The number of anilines is 1. The van der Waals surface area contributed by atoms with Gasteiger partial charge in [0.2, 0.25) is 0 Å². The van der Waals surface area contributed by atoms with Crippen LogP contribution in [0.2, 0.25) is 5.02 Å².